The van der Waals surface area contributed by atoms with Crippen LogP contribution in [0.5, 0.6) is 0 Å². The zero-order chi connectivity index (χ0) is 27.3. The highest BCUT2D eigenvalue weighted by Gasteiger charge is 2.38. The number of rotatable bonds is 6. The van der Waals surface area contributed by atoms with Crippen molar-refractivity contribution in [2.45, 2.75) is 25.4 Å². The summed E-state index contributed by atoms with van der Waals surface area (Å²) in [6.45, 7) is -0.661. The van der Waals surface area contributed by atoms with Gasteiger partial charge in [-0.1, -0.05) is 0 Å². The van der Waals surface area contributed by atoms with Gasteiger partial charge < -0.3 is 10.8 Å². The number of aliphatic carboxylic acids is 1. The molecule has 0 saturated carbocycles. The number of carboxylic acid groups (broad SMARTS) is 1. The molecule has 0 aromatic carbocycles. The van der Waals surface area contributed by atoms with Gasteiger partial charge in [-0.2, -0.15) is 40.2 Å². The second kappa shape index (κ2) is 11.4. The van der Waals surface area contributed by atoms with Crippen LogP contribution >= 0.6 is 11.3 Å². The number of hydrogen-bond acceptors (Lipinski definition) is 6. The van der Waals surface area contributed by atoms with E-state index in [1.807, 2.05) is 0 Å². The Kier molecular flexibility index (Phi) is 9.09. The number of nitrogens with two attached hydrogens (primary N) is 1. The van der Waals surface area contributed by atoms with Crippen molar-refractivity contribution >= 4 is 17.3 Å². The van der Waals surface area contributed by atoms with Gasteiger partial charge in [-0.15, -0.1) is 11.3 Å². The maximum Gasteiger partial charge on any atom is 0.490 e. The third-order valence-corrected chi connectivity index (χ3v) is 5.34. The number of thiophene rings is 1. The Morgan fingerprint density at radius 2 is 1.72 bits per heavy atom. The van der Waals surface area contributed by atoms with Gasteiger partial charge in [0.25, 0.3) is 6.08 Å². The van der Waals surface area contributed by atoms with E-state index in [4.69, 9.17) is 15.6 Å². The van der Waals surface area contributed by atoms with Gasteiger partial charge in [0.15, 0.2) is 0 Å². The Morgan fingerprint density at radius 1 is 1.08 bits per heavy atom. The summed E-state index contributed by atoms with van der Waals surface area (Å²) < 4.78 is 97.1. The SMILES string of the molecule is NCC(Cn1ncn(Cc2ccc(-c3ccc(C(F)(F)F)nc3)s2)c1=O)=C(F)F.O=C(O)C(F)(F)F. The third kappa shape index (κ3) is 7.70. The molecule has 0 aliphatic rings. The summed E-state index contributed by atoms with van der Waals surface area (Å²) in [7, 11) is 0. The number of nitrogens with zero attached hydrogens (tertiary/aromatic N) is 4. The van der Waals surface area contributed by atoms with Crippen LogP contribution in [0.3, 0.4) is 0 Å². The Balaban J connectivity index is 0.000000572. The van der Waals surface area contributed by atoms with Crippen LogP contribution in [0.1, 0.15) is 10.6 Å². The van der Waals surface area contributed by atoms with Crippen LogP contribution in [0.4, 0.5) is 35.1 Å². The minimum Gasteiger partial charge on any atom is -0.475 e. The first-order valence-electron chi connectivity index (χ1n) is 9.41. The van der Waals surface area contributed by atoms with E-state index in [1.54, 1.807) is 12.1 Å². The van der Waals surface area contributed by atoms with Crippen LogP contribution in [-0.4, -0.2) is 43.1 Å². The maximum atomic E-state index is 12.7. The Hall–Kier alpha value is -3.60. The Labute approximate surface area is 199 Å². The molecule has 0 fully saturated rings. The van der Waals surface area contributed by atoms with Crippen molar-refractivity contribution in [1.29, 1.82) is 0 Å². The number of hydrogen-bond donors (Lipinski definition) is 2. The maximum absolute atomic E-state index is 12.7. The fraction of sp³-hybridized carbons (Fsp3) is 0.263. The lowest BCUT2D eigenvalue weighted by molar-refractivity contribution is -0.192. The van der Waals surface area contributed by atoms with Crippen LogP contribution in [-0.2, 0) is 24.1 Å². The molecule has 0 unspecified atom stereocenters. The van der Waals surface area contributed by atoms with Crippen molar-refractivity contribution in [1.82, 2.24) is 19.3 Å². The first-order valence-corrected chi connectivity index (χ1v) is 10.2. The normalized spacial score (nSPS) is 11.6. The summed E-state index contributed by atoms with van der Waals surface area (Å²) >= 11 is 1.27. The zero-order valence-electron chi connectivity index (χ0n) is 17.6. The molecule has 8 nitrogen and oxygen atoms in total. The molecule has 0 spiro atoms. The van der Waals surface area contributed by atoms with Gasteiger partial charge in [0, 0.05) is 33.6 Å². The van der Waals surface area contributed by atoms with Crippen LogP contribution < -0.4 is 11.4 Å². The van der Waals surface area contributed by atoms with Crippen LogP contribution in [0, 0.1) is 0 Å². The average molecular weight is 545 g/mol. The molecule has 3 aromatic heterocycles. The molecule has 3 rings (SSSR count). The van der Waals surface area contributed by atoms with E-state index in [1.165, 1.54) is 28.3 Å². The number of carboxylic acids is 1. The molecule has 0 saturated heterocycles. The second-order valence-corrected chi connectivity index (χ2v) is 7.93. The van der Waals surface area contributed by atoms with Crippen LogP contribution in [0.15, 0.2) is 53.2 Å². The van der Waals surface area contributed by atoms with Crippen molar-refractivity contribution in [3.63, 3.8) is 0 Å². The third-order valence-electron chi connectivity index (χ3n) is 4.22. The minimum atomic E-state index is -5.08. The quantitative estimate of drug-likeness (QED) is 0.453. The lowest BCUT2D eigenvalue weighted by Gasteiger charge is -2.05. The van der Waals surface area contributed by atoms with E-state index in [9.17, 15) is 39.9 Å². The zero-order valence-corrected chi connectivity index (χ0v) is 18.5. The van der Waals surface area contributed by atoms with Gasteiger partial charge >= 0.3 is 24.0 Å². The fourth-order valence-electron chi connectivity index (χ4n) is 2.46. The van der Waals surface area contributed by atoms with E-state index >= 15 is 0 Å². The van der Waals surface area contributed by atoms with Crippen molar-refractivity contribution in [2.24, 2.45) is 5.73 Å². The Bertz CT molecular complexity index is 1270. The molecule has 3 aromatic rings. The summed E-state index contributed by atoms with van der Waals surface area (Å²) in [5, 5.41) is 10.9. The molecule has 0 atom stereocenters. The molecule has 36 heavy (non-hydrogen) atoms. The predicted molar refractivity (Wildman–Crippen MR) is 110 cm³/mol. The molecule has 0 bridgehead atoms. The van der Waals surface area contributed by atoms with Crippen molar-refractivity contribution in [3.8, 4) is 10.4 Å². The van der Waals surface area contributed by atoms with Crippen molar-refractivity contribution in [2.75, 3.05) is 6.54 Å². The van der Waals surface area contributed by atoms with Gasteiger partial charge in [0.05, 0.1) is 13.1 Å². The highest BCUT2D eigenvalue weighted by Crippen LogP contribution is 2.31. The standard InChI is InChI=1S/C17H14F5N5OS.C2HF3O2/c18-15(19)11(5-23)7-27-16(28)26(9-25-27)8-12-2-3-13(29-12)10-1-4-14(24-6-10)17(20,21)22;3-2(4,5)1(6)7/h1-4,6,9H,5,7-8,23H2;(H,6,7). The molecule has 0 aliphatic heterocycles. The number of carbonyl (C=O) groups is 1. The first kappa shape index (κ1) is 28.6. The molecular weight excluding hydrogens is 530 g/mol. The number of halogens is 8. The van der Waals surface area contributed by atoms with Gasteiger partial charge in [-0.25, -0.2) is 14.3 Å². The van der Waals surface area contributed by atoms with Gasteiger partial charge in [0.2, 0.25) is 0 Å². The molecule has 0 aliphatic carbocycles. The van der Waals surface area contributed by atoms with Crippen LogP contribution in [0.2, 0.25) is 0 Å². The first-order chi connectivity index (χ1) is 16.6. The molecule has 3 heterocycles. The van der Waals surface area contributed by atoms with E-state index in [2.05, 4.69) is 10.1 Å². The van der Waals surface area contributed by atoms with Crippen molar-refractivity contribution in [3.05, 3.63) is 69.5 Å². The number of aromatic nitrogens is 4. The summed E-state index contributed by atoms with van der Waals surface area (Å²) in [4.78, 5) is 26.0. The Morgan fingerprint density at radius 3 is 2.19 bits per heavy atom. The smallest absolute Gasteiger partial charge is 0.475 e. The van der Waals surface area contributed by atoms with Gasteiger partial charge in [0.1, 0.15) is 12.0 Å². The number of pyridine rings is 1. The molecule has 3 N–H and O–H groups in total. The topological polar surface area (TPSA) is 116 Å². The van der Waals surface area contributed by atoms with E-state index in [0.717, 1.165) is 21.8 Å². The minimum absolute atomic E-state index is 0.136. The van der Waals surface area contributed by atoms with Gasteiger partial charge in [-0.3, -0.25) is 9.55 Å². The lowest BCUT2D eigenvalue weighted by Crippen LogP contribution is -2.27. The summed E-state index contributed by atoms with van der Waals surface area (Å²) in [5.41, 5.74) is 3.80. The summed E-state index contributed by atoms with van der Waals surface area (Å²) in [6, 6.07) is 5.64. The summed E-state index contributed by atoms with van der Waals surface area (Å²) in [5.74, 6) is -2.76. The number of alkyl halides is 6. The lowest BCUT2D eigenvalue weighted by atomic mass is 10.2. The van der Waals surface area contributed by atoms with Crippen LogP contribution in [0.25, 0.3) is 10.4 Å². The monoisotopic (exact) mass is 545 g/mol. The largest absolute Gasteiger partial charge is 0.490 e. The van der Waals surface area contributed by atoms with E-state index in [-0.39, 0.29) is 12.1 Å². The second-order valence-electron chi connectivity index (χ2n) is 6.77. The highest BCUT2D eigenvalue weighted by atomic mass is 32.1. The fourth-order valence-corrected chi connectivity index (χ4v) is 3.46. The highest BCUT2D eigenvalue weighted by molar-refractivity contribution is 7.15. The molecular formula is C19H15F8N5O3S. The average Bonchev–Trinajstić information content (AvgIpc) is 3.38. The molecule has 0 amide bonds. The van der Waals surface area contributed by atoms with E-state index in [0.29, 0.717) is 10.4 Å². The van der Waals surface area contributed by atoms with Gasteiger partial charge in [-0.05, 0) is 24.3 Å². The molecule has 17 heteroatoms. The molecule has 196 valence electrons. The predicted octanol–water partition coefficient (Wildman–Crippen LogP) is 3.98. The van der Waals surface area contributed by atoms with Crippen molar-refractivity contribution < 1.29 is 45.0 Å². The molecule has 0 radical (unpaired) electrons. The summed E-state index contributed by atoms with van der Waals surface area (Å²) in [6.07, 6.45) is -9.17. The van der Waals surface area contributed by atoms with E-state index < -0.39 is 48.9 Å².